The van der Waals surface area contributed by atoms with Gasteiger partial charge >= 0.3 is 5.97 Å². The summed E-state index contributed by atoms with van der Waals surface area (Å²) in [5.41, 5.74) is 0.398. The number of carboxylic acid groups (broad SMARTS) is 1. The molecule has 0 aromatic heterocycles. The fourth-order valence-electron chi connectivity index (χ4n) is 1.77. The maximum Gasteiger partial charge on any atom is 0.336 e. The number of aromatic carboxylic acids is 1. The van der Waals surface area contributed by atoms with Gasteiger partial charge in [0.15, 0.2) is 0 Å². The van der Waals surface area contributed by atoms with Crippen LogP contribution < -0.4 is 4.74 Å². The smallest absolute Gasteiger partial charge is 0.336 e. The number of hydrogen-bond acceptors (Lipinski definition) is 2. The third kappa shape index (κ3) is 2.69. The Hall–Kier alpha value is -2.07. The van der Waals surface area contributed by atoms with Crippen LogP contribution in [0.5, 0.6) is 5.75 Å². The van der Waals surface area contributed by atoms with Gasteiger partial charge in [-0.1, -0.05) is 11.6 Å². The highest BCUT2D eigenvalue weighted by molar-refractivity contribution is 6.31. The number of carbonyl (C=O) groups is 1. The molecule has 5 heteroatoms. The van der Waals surface area contributed by atoms with Crippen LogP contribution in [0.4, 0.5) is 4.39 Å². The third-order valence-electron chi connectivity index (χ3n) is 2.68. The summed E-state index contributed by atoms with van der Waals surface area (Å²) in [7, 11) is 1.43. The number of methoxy groups -OCH3 is 1. The normalized spacial score (nSPS) is 10.3. The molecule has 2 aromatic carbocycles. The monoisotopic (exact) mass is 280 g/mol. The van der Waals surface area contributed by atoms with Gasteiger partial charge in [-0.15, -0.1) is 0 Å². The van der Waals surface area contributed by atoms with E-state index in [-0.39, 0.29) is 16.7 Å². The Morgan fingerprint density at radius 2 is 1.95 bits per heavy atom. The molecule has 0 heterocycles. The first-order chi connectivity index (χ1) is 9.02. The zero-order chi connectivity index (χ0) is 14.0. The van der Waals surface area contributed by atoms with E-state index in [2.05, 4.69) is 0 Å². The minimum atomic E-state index is -1.14. The molecule has 2 aromatic rings. The van der Waals surface area contributed by atoms with Crippen LogP contribution >= 0.6 is 11.6 Å². The molecule has 98 valence electrons. The Morgan fingerprint density at radius 1 is 1.21 bits per heavy atom. The molecule has 0 aliphatic rings. The minimum Gasteiger partial charge on any atom is -0.497 e. The van der Waals surface area contributed by atoms with E-state index in [1.807, 2.05) is 0 Å². The first-order valence-corrected chi connectivity index (χ1v) is 5.77. The van der Waals surface area contributed by atoms with Gasteiger partial charge in [0, 0.05) is 22.2 Å². The van der Waals surface area contributed by atoms with Crippen LogP contribution in [-0.4, -0.2) is 18.2 Å². The van der Waals surface area contributed by atoms with Crippen LogP contribution in [0, 0.1) is 5.82 Å². The topological polar surface area (TPSA) is 46.5 Å². The minimum absolute atomic E-state index is 0.00605. The van der Waals surface area contributed by atoms with Crippen molar-refractivity contribution in [3.8, 4) is 16.9 Å². The number of benzene rings is 2. The fourth-order valence-corrected chi connectivity index (χ4v) is 1.94. The first kappa shape index (κ1) is 13.4. The van der Waals surface area contributed by atoms with Crippen molar-refractivity contribution in [3.63, 3.8) is 0 Å². The van der Waals surface area contributed by atoms with Crippen LogP contribution in [-0.2, 0) is 0 Å². The van der Waals surface area contributed by atoms with Crippen LogP contribution in [0.2, 0.25) is 5.02 Å². The molecule has 0 saturated heterocycles. The van der Waals surface area contributed by atoms with Crippen molar-refractivity contribution in [1.29, 1.82) is 0 Å². The van der Waals surface area contributed by atoms with Crippen molar-refractivity contribution in [1.82, 2.24) is 0 Å². The van der Waals surface area contributed by atoms with E-state index in [1.165, 1.54) is 37.4 Å². The lowest BCUT2D eigenvalue weighted by molar-refractivity contribution is 0.0698. The Balaban J connectivity index is 2.64. The standard InChI is InChI=1S/C14H10ClFO3/c1-19-9-3-5-10(13(16)7-9)12-6-8(15)2-4-11(12)14(17)18/h2-7H,1H3,(H,17,18). The summed E-state index contributed by atoms with van der Waals surface area (Å²) >= 11 is 5.84. The molecule has 1 N–H and O–H groups in total. The highest BCUT2D eigenvalue weighted by atomic mass is 35.5. The van der Waals surface area contributed by atoms with E-state index in [9.17, 15) is 9.18 Å². The summed E-state index contributed by atoms with van der Waals surface area (Å²) in [6, 6.07) is 8.45. The lowest BCUT2D eigenvalue weighted by atomic mass is 9.99. The van der Waals surface area contributed by atoms with Crippen LogP contribution in [0.25, 0.3) is 11.1 Å². The zero-order valence-corrected chi connectivity index (χ0v) is 10.7. The molecule has 3 nitrogen and oxygen atoms in total. The number of hydrogen-bond donors (Lipinski definition) is 1. The van der Waals surface area contributed by atoms with Crippen LogP contribution in [0.1, 0.15) is 10.4 Å². The number of rotatable bonds is 3. The summed E-state index contributed by atoms with van der Waals surface area (Å²) in [4.78, 5) is 11.2. The van der Waals surface area contributed by atoms with E-state index in [4.69, 9.17) is 21.4 Å². The van der Waals surface area contributed by atoms with Crippen molar-refractivity contribution in [2.24, 2.45) is 0 Å². The second-order valence-corrected chi connectivity index (χ2v) is 4.28. The second kappa shape index (κ2) is 5.28. The molecule has 0 radical (unpaired) electrons. The number of ether oxygens (including phenoxy) is 1. The average Bonchev–Trinajstić information content (AvgIpc) is 2.38. The third-order valence-corrected chi connectivity index (χ3v) is 2.91. The fraction of sp³-hybridized carbons (Fsp3) is 0.0714. The van der Waals surface area contributed by atoms with Gasteiger partial charge in [-0.05, 0) is 30.3 Å². The van der Waals surface area contributed by atoms with E-state index in [1.54, 1.807) is 6.07 Å². The lowest BCUT2D eigenvalue weighted by Crippen LogP contribution is -2.00. The molecule has 0 saturated carbocycles. The molecule has 0 aliphatic carbocycles. The summed E-state index contributed by atoms with van der Waals surface area (Å²) in [6.45, 7) is 0. The molecule has 2 rings (SSSR count). The Kier molecular flexibility index (Phi) is 3.71. The summed E-state index contributed by atoms with van der Waals surface area (Å²) in [5, 5.41) is 9.46. The summed E-state index contributed by atoms with van der Waals surface area (Å²) < 4.78 is 18.9. The molecule has 0 spiro atoms. The SMILES string of the molecule is COc1ccc(-c2cc(Cl)ccc2C(=O)O)c(F)c1. The van der Waals surface area contributed by atoms with Crippen molar-refractivity contribution >= 4 is 17.6 Å². The van der Waals surface area contributed by atoms with Gasteiger partial charge in [0.05, 0.1) is 12.7 Å². The Morgan fingerprint density at radius 3 is 2.53 bits per heavy atom. The van der Waals surface area contributed by atoms with Gasteiger partial charge in [-0.3, -0.25) is 0 Å². The molecule has 19 heavy (non-hydrogen) atoms. The predicted molar refractivity (Wildman–Crippen MR) is 70.4 cm³/mol. The number of halogens is 2. The molecule has 0 amide bonds. The summed E-state index contributed by atoms with van der Waals surface area (Å²) in [6.07, 6.45) is 0. The maximum absolute atomic E-state index is 14.0. The second-order valence-electron chi connectivity index (χ2n) is 3.84. The molecular formula is C14H10ClFO3. The van der Waals surface area contributed by atoms with E-state index < -0.39 is 11.8 Å². The van der Waals surface area contributed by atoms with Crippen molar-refractivity contribution < 1.29 is 19.0 Å². The van der Waals surface area contributed by atoms with Gasteiger partial charge in [0.2, 0.25) is 0 Å². The zero-order valence-electron chi connectivity index (χ0n) is 9.98. The Bertz CT molecular complexity index is 641. The average molecular weight is 281 g/mol. The quantitative estimate of drug-likeness (QED) is 0.929. The number of carboxylic acids is 1. The van der Waals surface area contributed by atoms with Gasteiger partial charge in [0.25, 0.3) is 0 Å². The van der Waals surface area contributed by atoms with Gasteiger partial charge in [0.1, 0.15) is 11.6 Å². The Labute approximate surface area is 114 Å². The molecule has 0 atom stereocenters. The molecule has 0 fully saturated rings. The van der Waals surface area contributed by atoms with Gasteiger partial charge in [-0.25, -0.2) is 9.18 Å². The van der Waals surface area contributed by atoms with E-state index in [0.717, 1.165) is 0 Å². The molecule has 0 unspecified atom stereocenters. The van der Waals surface area contributed by atoms with E-state index in [0.29, 0.717) is 10.8 Å². The van der Waals surface area contributed by atoms with Crippen LogP contribution in [0.3, 0.4) is 0 Å². The van der Waals surface area contributed by atoms with Crippen molar-refractivity contribution in [2.45, 2.75) is 0 Å². The molecular weight excluding hydrogens is 271 g/mol. The summed E-state index contributed by atoms with van der Waals surface area (Å²) in [5.74, 6) is -1.34. The van der Waals surface area contributed by atoms with Crippen molar-refractivity contribution in [3.05, 3.63) is 52.8 Å². The van der Waals surface area contributed by atoms with E-state index >= 15 is 0 Å². The van der Waals surface area contributed by atoms with Crippen molar-refractivity contribution in [2.75, 3.05) is 7.11 Å². The largest absolute Gasteiger partial charge is 0.497 e. The maximum atomic E-state index is 14.0. The van der Waals surface area contributed by atoms with Gasteiger partial charge < -0.3 is 9.84 Å². The molecule has 0 bridgehead atoms. The highest BCUT2D eigenvalue weighted by Crippen LogP contribution is 2.31. The molecule has 0 aliphatic heterocycles. The van der Waals surface area contributed by atoms with Crippen LogP contribution in [0.15, 0.2) is 36.4 Å². The predicted octanol–water partition coefficient (Wildman–Crippen LogP) is 3.85. The first-order valence-electron chi connectivity index (χ1n) is 5.39. The lowest BCUT2D eigenvalue weighted by Gasteiger charge is -2.09. The highest BCUT2D eigenvalue weighted by Gasteiger charge is 2.15. The van der Waals surface area contributed by atoms with Gasteiger partial charge in [-0.2, -0.15) is 0 Å².